The molecule has 4 nitrogen and oxygen atoms in total. The van der Waals surface area contributed by atoms with Crippen LogP contribution in [0, 0.1) is 40.4 Å². The average molecular weight is 377 g/mol. The fourth-order valence-electron chi connectivity index (χ4n) is 8.18. The van der Waals surface area contributed by atoms with E-state index in [-0.39, 0.29) is 40.7 Å². The molecule has 0 radical (unpaired) electrons. The molecule has 0 spiro atoms. The molecule has 4 aliphatic carbocycles. The van der Waals surface area contributed by atoms with E-state index in [1.54, 1.807) is 6.92 Å². The van der Waals surface area contributed by atoms with Crippen LogP contribution in [-0.2, 0) is 14.3 Å². The lowest BCUT2D eigenvalue weighted by atomic mass is 9.44. The number of aliphatic hydroxyl groups is 1. The fourth-order valence-corrected chi connectivity index (χ4v) is 8.18. The monoisotopic (exact) mass is 376 g/mol. The van der Waals surface area contributed by atoms with Crippen LogP contribution in [0.15, 0.2) is 0 Å². The first-order valence-electron chi connectivity index (χ1n) is 11.0. The molecule has 4 rings (SSSR count). The second-order valence-electron chi connectivity index (χ2n) is 10.5. The molecule has 1 N–H and O–H groups in total. The summed E-state index contributed by atoms with van der Waals surface area (Å²) in [5.41, 5.74) is 0.00132. The van der Waals surface area contributed by atoms with Gasteiger partial charge in [-0.05, 0) is 87.4 Å². The highest BCUT2D eigenvalue weighted by atomic mass is 16.5. The second-order valence-corrected chi connectivity index (χ2v) is 10.5. The quantitative estimate of drug-likeness (QED) is 0.736. The van der Waals surface area contributed by atoms with Crippen LogP contribution in [0.5, 0.6) is 0 Å². The Hall–Kier alpha value is -0.900. The largest absolute Gasteiger partial charge is 0.463 e. The van der Waals surface area contributed by atoms with Gasteiger partial charge in [-0.15, -0.1) is 0 Å². The van der Waals surface area contributed by atoms with E-state index in [0.717, 1.165) is 38.5 Å². The van der Waals surface area contributed by atoms with Gasteiger partial charge in [-0.2, -0.15) is 0 Å². The molecule has 0 saturated heterocycles. The summed E-state index contributed by atoms with van der Waals surface area (Å²) >= 11 is 0. The first kappa shape index (κ1) is 19.4. The zero-order chi connectivity index (χ0) is 19.6. The van der Waals surface area contributed by atoms with Crippen molar-refractivity contribution in [3.8, 4) is 0 Å². The van der Waals surface area contributed by atoms with Gasteiger partial charge in [0, 0.05) is 18.3 Å². The molecule has 9 atom stereocenters. The van der Waals surface area contributed by atoms with E-state index in [1.165, 1.54) is 19.8 Å². The van der Waals surface area contributed by atoms with Gasteiger partial charge in [0.15, 0.2) is 0 Å². The standard InChI is InChI=1S/C23H36O4/c1-13(24)18-7-8-19-17-6-5-15-11-16(27-14(2)25)9-10-22(15,3)20(17)12-21(26)23(18,19)4/h15-21,26H,5-12H2,1-4H3/t15-,16-,17+,18+,19-,20+,21+,22-,23-/m1/s1. The number of fused-ring (bicyclic) bond motifs is 5. The molecule has 4 fully saturated rings. The number of rotatable bonds is 2. The molecule has 4 saturated carbocycles. The van der Waals surface area contributed by atoms with Crippen molar-refractivity contribution in [3.63, 3.8) is 0 Å². The highest BCUT2D eigenvalue weighted by Gasteiger charge is 2.64. The van der Waals surface area contributed by atoms with Crippen LogP contribution in [0.3, 0.4) is 0 Å². The second kappa shape index (κ2) is 6.57. The minimum atomic E-state index is -0.373. The summed E-state index contributed by atoms with van der Waals surface area (Å²) in [6.45, 7) is 7.86. The molecule has 0 unspecified atom stereocenters. The Labute approximate surface area is 163 Å². The molecule has 0 aromatic rings. The zero-order valence-corrected chi connectivity index (χ0v) is 17.4. The van der Waals surface area contributed by atoms with Crippen molar-refractivity contribution < 1.29 is 19.4 Å². The lowest BCUT2D eigenvalue weighted by Gasteiger charge is -2.62. The molecular formula is C23H36O4. The molecule has 0 aliphatic heterocycles. The van der Waals surface area contributed by atoms with Crippen LogP contribution >= 0.6 is 0 Å². The third-order valence-corrected chi connectivity index (χ3v) is 9.55. The van der Waals surface area contributed by atoms with Crippen molar-refractivity contribution >= 4 is 11.8 Å². The van der Waals surface area contributed by atoms with Gasteiger partial charge >= 0.3 is 5.97 Å². The van der Waals surface area contributed by atoms with Crippen LogP contribution in [0.1, 0.15) is 79.1 Å². The maximum atomic E-state index is 12.3. The summed E-state index contributed by atoms with van der Waals surface area (Å²) < 4.78 is 5.54. The molecule has 4 heteroatoms. The van der Waals surface area contributed by atoms with Gasteiger partial charge < -0.3 is 9.84 Å². The smallest absolute Gasteiger partial charge is 0.302 e. The Bertz CT molecular complexity index is 630. The SMILES string of the molecule is CC(=O)O[C@@H]1CC[C@]2(C)[C@H](CC[C@H]3[C@H]4CC[C@@H](C(C)=O)[C@@]4(C)[C@@H](O)C[C@@H]32)C1. The number of Topliss-reactive ketones (excluding diaryl/α,β-unsaturated/α-hetero) is 1. The fraction of sp³-hybridized carbons (Fsp3) is 0.913. The average Bonchev–Trinajstić information content (AvgIpc) is 2.95. The Morgan fingerprint density at radius 3 is 2.37 bits per heavy atom. The minimum absolute atomic E-state index is 0.0312. The van der Waals surface area contributed by atoms with Crippen molar-refractivity contribution in [2.45, 2.75) is 91.3 Å². The minimum Gasteiger partial charge on any atom is -0.463 e. The normalized spacial score (nSPS) is 51.7. The zero-order valence-electron chi connectivity index (χ0n) is 17.4. The Balaban J connectivity index is 1.58. The number of ketones is 1. The number of ether oxygens (including phenoxy) is 1. The highest BCUT2D eigenvalue weighted by Crippen LogP contribution is 2.67. The maximum Gasteiger partial charge on any atom is 0.302 e. The van der Waals surface area contributed by atoms with Gasteiger partial charge in [-0.1, -0.05) is 13.8 Å². The first-order valence-corrected chi connectivity index (χ1v) is 11.0. The van der Waals surface area contributed by atoms with Crippen molar-refractivity contribution in [1.82, 2.24) is 0 Å². The summed E-state index contributed by atoms with van der Waals surface area (Å²) in [5.74, 6) is 2.36. The van der Waals surface area contributed by atoms with E-state index >= 15 is 0 Å². The van der Waals surface area contributed by atoms with Crippen molar-refractivity contribution in [2.24, 2.45) is 40.4 Å². The van der Waals surface area contributed by atoms with E-state index in [4.69, 9.17) is 4.74 Å². The van der Waals surface area contributed by atoms with E-state index in [1.807, 2.05) is 0 Å². The van der Waals surface area contributed by atoms with Crippen LogP contribution in [-0.4, -0.2) is 29.1 Å². The number of esters is 1. The number of aliphatic hydroxyl groups excluding tert-OH is 1. The van der Waals surface area contributed by atoms with E-state index in [2.05, 4.69) is 13.8 Å². The van der Waals surface area contributed by atoms with Gasteiger partial charge in [0.05, 0.1) is 6.10 Å². The van der Waals surface area contributed by atoms with Crippen LogP contribution in [0.4, 0.5) is 0 Å². The number of hydrogen-bond donors (Lipinski definition) is 1. The van der Waals surface area contributed by atoms with Crippen LogP contribution in [0.25, 0.3) is 0 Å². The number of carbonyl (C=O) groups excluding carboxylic acids is 2. The summed E-state index contributed by atoms with van der Waals surface area (Å²) in [6, 6.07) is 0. The van der Waals surface area contributed by atoms with E-state index in [9.17, 15) is 14.7 Å². The van der Waals surface area contributed by atoms with E-state index < -0.39 is 0 Å². The highest BCUT2D eigenvalue weighted by molar-refractivity contribution is 5.79. The lowest BCUT2D eigenvalue weighted by molar-refractivity contribution is -0.179. The summed E-state index contributed by atoms with van der Waals surface area (Å²) in [6.07, 6.45) is 8.00. The predicted octanol–water partition coefficient (Wildman–Crippen LogP) is 4.14. The first-order chi connectivity index (χ1) is 12.7. The molecule has 27 heavy (non-hydrogen) atoms. The Morgan fingerprint density at radius 1 is 0.963 bits per heavy atom. The van der Waals surface area contributed by atoms with Gasteiger partial charge in [0.2, 0.25) is 0 Å². The maximum absolute atomic E-state index is 12.3. The summed E-state index contributed by atoms with van der Waals surface area (Å²) in [7, 11) is 0. The molecule has 152 valence electrons. The molecule has 0 bridgehead atoms. The Morgan fingerprint density at radius 2 is 1.70 bits per heavy atom. The van der Waals surface area contributed by atoms with Gasteiger partial charge in [-0.3, -0.25) is 9.59 Å². The predicted molar refractivity (Wildman–Crippen MR) is 103 cm³/mol. The Kier molecular flexibility index (Phi) is 4.73. The topological polar surface area (TPSA) is 63.6 Å². The van der Waals surface area contributed by atoms with Crippen LogP contribution < -0.4 is 0 Å². The van der Waals surface area contributed by atoms with Gasteiger partial charge in [0.1, 0.15) is 11.9 Å². The van der Waals surface area contributed by atoms with Crippen molar-refractivity contribution in [1.29, 1.82) is 0 Å². The van der Waals surface area contributed by atoms with E-state index in [0.29, 0.717) is 23.7 Å². The molecule has 4 aliphatic rings. The molecule has 0 heterocycles. The number of hydrogen-bond acceptors (Lipinski definition) is 4. The lowest BCUT2D eigenvalue weighted by Crippen LogP contribution is -2.59. The van der Waals surface area contributed by atoms with Gasteiger partial charge in [0.25, 0.3) is 0 Å². The third-order valence-electron chi connectivity index (χ3n) is 9.55. The van der Waals surface area contributed by atoms with Crippen LogP contribution in [0.2, 0.25) is 0 Å². The number of carbonyl (C=O) groups is 2. The summed E-state index contributed by atoms with van der Waals surface area (Å²) in [4.78, 5) is 23.7. The molecule has 0 aromatic heterocycles. The van der Waals surface area contributed by atoms with Crippen molar-refractivity contribution in [3.05, 3.63) is 0 Å². The molecule has 0 amide bonds. The van der Waals surface area contributed by atoms with Crippen molar-refractivity contribution in [2.75, 3.05) is 0 Å². The van der Waals surface area contributed by atoms with Gasteiger partial charge in [-0.25, -0.2) is 0 Å². The third kappa shape index (κ3) is 2.81. The molecular weight excluding hydrogens is 340 g/mol. The summed E-state index contributed by atoms with van der Waals surface area (Å²) in [5, 5.41) is 11.3. The molecule has 0 aromatic carbocycles.